The van der Waals surface area contributed by atoms with E-state index in [1.807, 2.05) is 44.2 Å². The van der Waals surface area contributed by atoms with Gasteiger partial charge in [-0.05, 0) is 43.2 Å². The van der Waals surface area contributed by atoms with Gasteiger partial charge >= 0.3 is 0 Å². The molecule has 0 aliphatic heterocycles. The van der Waals surface area contributed by atoms with Crippen molar-refractivity contribution in [2.45, 2.75) is 26.5 Å². The molecule has 5 heteroatoms. The number of hydrogen-bond donors (Lipinski definition) is 1. The first-order chi connectivity index (χ1) is 11.5. The van der Waals surface area contributed by atoms with Crippen molar-refractivity contribution in [3.8, 4) is 5.75 Å². The number of aliphatic hydroxyl groups excluding tert-OH is 1. The van der Waals surface area contributed by atoms with Crippen LogP contribution in [0.3, 0.4) is 0 Å². The minimum Gasteiger partial charge on any atom is -0.491 e. The molecule has 2 aromatic carbocycles. The highest BCUT2D eigenvalue weighted by Gasteiger charge is 2.11. The number of aryl methyl sites for hydroxylation is 2. The molecule has 0 amide bonds. The Kier molecular flexibility index (Phi) is 4.62. The summed E-state index contributed by atoms with van der Waals surface area (Å²) < 4.78 is 6.91. The van der Waals surface area contributed by atoms with Crippen LogP contribution in [-0.2, 0) is 6.54 Å². The van der Waals surface area contributed by atoms with Gasteiger partial charge in [0.2, 0.25) is 0 Å². The highest BCUT2D eigenvalue weighted by atomic mass is 16.5. The van der Waals surface area contributed by atoms with E-state index >= 15 is 0 Å². The van der Waals surface area contributed by atoms with E-state index in [9.17, 15) is 9.90 Å². The molecule has 0 saturated carbocycles. The second-order valence-corrected chi connectivity index (χ2v) is 6.01. The molecule has 3 aromatic rings. The molecule has 0 spiro atoms. The largest absolute Gasteiger partial charge is 0.491 e. The van der Waals surface area contributed by atoms with Gasteiger partial charge in [-0.25, -0.2) is 4.68 Å². The molecule has 0 saturated heterocycles. The summed E-state index contributed by atoms with van der Waals surface area (Å²) in [6.45, 7) is 4.18. The highest BCUT2D eigenvalue weighted by Crippen LogP contribution is 2.16. The minimum atomic E-state index is -0.822. The lowest BCUT2D eigenvalue weighted by atomic mass is 10.1. The Balaban J connectivity index is 1.70. The molecule has 0 radical (unpaired) electrons. The van der Waals surface area contributed by atoms with Gasteiger partial charge in [-0.15, -0.1) is 0 Å². The van der Waals surface area contributed by atoms with Crippen LogP contribution in [0.15, 0.2) is 53.5 Å². The molecule has 0 bridgehead atoms. The van der Waals surface area contributed by atoms with E-state index < -0.39 is 6.10 Å². The highest BCUT2D eigenvalue weighted by molar-refractivity contribution is 5.80. The van der Waals surface area contributed by atoms with Crippen LogP contribution in [0, 0.1) is 13.8 Å². The van der Waals surface area contributed by atoms with Gasteiger partial charge in [0.15, 0.2) is 0 Å². The zero-order valence-corrected chi connectivity index (χ0v) is 13.8. The average Bonchev–Trinajstić information content (AvgIpc) is 2.55. The fourth-order valence-electron chi connectivity index (χ4n) is 2.72. The zero-order chi connectivity index (χ0) is 17.1. The van der Waals surface area contributed by atoms with Crippen LogP contribution in [0.5, 0.6) is 5.75 Å². The molecule has 1 heterocycles. The van der Waals surface area contributed by atoms with Crippen LogP contribution in [0.25, 0.3) is 10.8 Å². The minimum absolute atomic E-state index is 0.0917. The van der Waals surface area contributed by atoms with E-state index in [2.05, 4.69) is 11.2 Å². The molecule has 0 aliphatic carbocycles. The Morgan fingerprint density at radius 3 is 2.62 bits per heavy atom. The number of rotatable bonds is 5. The number of benzene rings is 2. The second kappa shape index (κ2) is 6.84. The van der Waals surface area contributed by atoms with Crippen LogP contribution in [0.4, 0.5) is 0 Å². The van der Waals surface area contributed by atoms with Crippen LogP contribution < -0.4 is 10.3 Å². The van der Waals surface area contributed by atoms with E-state index in [4.69, 9.17) is 4.74 Å². The third-order valence-electron chi connectivity index (χ3n) is 3.78. The number of fused-ring (bicyclic) bond motifs is 1. The second-order valence-electron chi connectivity index (χ2n) is 6.01. The predicted octanol–water partition coefficient (Wildman–Crippen LogP) is 2.45. The topological polar surface area (TPSA) is 64.3 Å². The van der Waals surface area contributed by atoms with Gasteiger partial charge in [-0.2, -0.15) is 5.10 Å². The molecular weight excluding hydrogens is 304 g/mol. The molecule has 1 atom stereocenters. The van der Waals surface area contributed by atoms with Gasteiger partial charge in [0, 0.05) is 5.39 Å². The van der Waals surface area contributed by atoms with Crippen LogP contribution in [0.2, 0.25) is 0 Å². The quantitative estimate of drug-likeness (QED) is 0.783. The van der Waals surface area contributed by atoms with E-state index in [-0.39, 0.29) is 18.7 Å². The standard InChI is InChI=1S/C19H20N2O3/c1-13-7-14(2)9-17(8-13)24-12-16(22)11-21-19(23)18-6-4-3-5-15(18)10-20-21/h3-10,16,22H,11-12H2,1-2H3/t16-/m0/s1. The average molecular weight is 324 g/mol. The predicted molar refractivity (Wildman–Crippen MR) is 93.4 cm³/mol. The molecule has 24 heavy (non-hydrogen) atoms. The van der Waals surface area contributed by atoms with Crippen molar-refractivity contribution in [3.63, 3.8) is 0 Å². The first-order valence-electron chi connectivity index (χ1n) is 7.87. The lowest BCUT2D eigenvalue weighted by Crippen LogP contribution is -2.31. The molecule has 0 unspecified atom stereocenters. The molecular formula is C19H20N2O3. The number of nitrogens with zero attached hydrogens (tertiary/aromatic N) is 2. The molecule has 124 valence electrons. The maximum absolute atomic E-state index is 12.4. The molecule has 1 N–H and O–H groups in total. The summed E-state index contributed by atoms with van der Waals surface area (Å²) in [6, 6.07) is 13.2. The fourth-order valence-corrected chi connectivity index (χ4v) is 2.72. The molecule has 0 aliphatic rings. The zero-order valence-electron chi connectivity index (χ0n) is 13.8. The summed E-state index contributed by atoms with van der Waals surface area (Å²) >= 11 is 0. The van der Waals surface area contributed by atoms with Gasteiger partial charge in [0.1, 0.15) is 18.5 Å². The van der Waals surface area contributed by atoms with Gasteiger partial charge in [0.25, 0.3) is 5.56 Å². The SMILES string of the molecule is Cc1cc(C)cc(OC[C@@H](O)Cn2ncc3ccccc3c2=O)c1. The van der Waals surface area contributed by atoms with E-state index in [0.717, 1.165) is 16.5 Å². The molecule has 1 aromatic heterocycles. The fraction of sp³-hybridized carbons (Fsp3) is 0.263. The van der Waals surface area contributed by atoms with Crippen molar-refractivity contribution >= 4 is 10.8 Å². The van der Waals surface area contributed by atoms with E-state index in [1.165, 1.54) is 4.68 Å². The summed E-state index contributed by atoms with van der Waals surface area (Å²) in [4.78, 5) is 12.4. The van der Waals surface area contributed by atoms with Crippen molar-refractivity contribution in [1.82, 2.24) is 9.78 Å². The van der Waals surface area contributed by atoms with Gasteiger partial charge in [0.05, 0.1) is 18.1 Å². The van der Waals surface area contributed by atoms with Gasteiger partial charge in [-0.3, -0.25) is 4.79 Å². The molecule has 0 fully saturated rings. The Bertz CT molecular complexity index is 898. The van der Waals surface area contributed by atoms with Crippen molar-refractivity contribution in [3.05, 3.63) is 70.1 Å². The molecule has 5 nitrogen and oxygen atoms in total. The lowest BCUT2D eigenvalue weighted by Gasteiger charge is -2.14. The first kappa shape index (κ1) is 16.2. The Hall–Kier alpha value is -2.66. The summed E-state index contributed by atoms with van der Waals surface area (Å²) in [7, 11) is 0. The van der Waals surface area contributed by atoms with E-state index in [0.29, 0.717) is 11.1 Å². The van der Waals surface area contributed by atoms with Crippen molar-refractivity contribution in [2.24, 2.45) is 0 Å². The van der Waals surface area contributed by atoms with Crippen molar-refractivity contribution in [1.29, 1.82) is 0 Å². The van der Waals surface area contributed by atoms with Crippen LogP contribution in [0.1, 0.15) is 11.1 Å². The third kappa shape index (κ3) is 3.63. The summed E-state index contributed by atoms with van der Waals surface area (Å²) in [5.41, 5.74) is 2.00. The first-order valence-corrected chi connectivity index (χ1v) is 7.87. The third-order valence-corrected chi connectivity index (χ3v) is 3.78. The number of ether oxygens (including phenoxy) is 1. The summed E-state index contributed by atoms with van der Waals surface area (Å²) in [6.07, 6.45) is 0.811. The van der Waals surface area contributed by atoms with Crippen LogP contribution >= 0.6 is 0 Å². The number of aromatic nitrogens is 2. The summed E-state index contributed by atoms with van der Waals surface area (Å²) in [5.74, 6) is 0.713. The lowest BCUT2D eigenvalue weighted by molar-refractivity contribution is 0.0881. The van der Waals surface area contributed by atoms with Gasteiger partial charge in [-0.1, -0.05) is 24.3 Å². The maximum atomic E-state index is 12.4. The Morgan fingerprint density at radius 1 is 1.17 bits per heavy atom. The summed E-state index contributed by atoms with van der Waals surface area (Å²) in [5, 5.41) is 15.7. The van der Waals surface area contributed by atoms with E-state index in [1.54, 1.807) is 12.3 Å². The normalized spacial score (nSPS) is 12.3. The Morgan fingerprint density at radius 2 is 1.88 bits per heavy atom. The molecule has 3 rings (SSSR count). The van der Waals surface area contributed by atoms with Crippen molar-refractivity contribution in [2.75, 3.05) is 6.61 Å². The Labute approximate surface area is 140 Å². The monoisotopic (exact) mass is 324 g/mol. The number of aliphatic hydroxyl groups is 1. The van der Waals surface area contributed by atoms with Crippen molar-refractivity contribution < 1.29 is 9.84 Å². The maximum Gasteiger partial charge on any atom is 0.274 e. The van der Waals surface area contributed by atoms with Crippen LogP contribution in [-0.4, -0.2) is 27.6 Å². The number of hydrogen-bond acceptors (Lipinski definition) is 4. The smallest absolute Gasteiger partial charge is 0.274 e. The van der Waals surface area contributed by atoms with Gasteiger partial charge < -0.3 is 9.84 Å².